The maximum atomic E-state index is 5.69. The van der Waals surface area contributed by atoms with Crippen LogP contribution in [0.3, 0.4) is 0 Å². The molecule has 0 aliphatic heterocycles. The largest absolute Gasteiger partial charge is 0.474 e. The topological polar surface area (TPSA) is 36.3 Å². The molecule has 2 aromatic rings. The molecule has 0 amide bonds. The molecule has 0 saturated heterocycles. The highest BCUT2D eigenvalue weighted by Gasteiger charge is 2.11. The van der Waals surface area contributed by atoms with Crippen molar-refractivity contribution in [2.45, 2.75) is 13.8 Å². The summed E-state index contributed by atoms with van der Waals surface area (Å²) in [4.78, 5) is 0. The zero-order valence-electron chi connectivity index (χ0n) is 11.7. The van der Waals surface area contributed by atoms with Gasteiger partial charge in [-0.3, -0.25) is 4.68 Å². The Labute approximate surface area is 114 Å². The molecule has 1 aromatic heterocycles. The second-order valence-electron chi connectivity index (χ2n) is 4.43. The molecule has 102 valence electrons. The third-order valence-corrected chi connectivity index (χ3v) is 2.83. The van der Waals surface area contributed by atoms with E-state index in [0.29, 0.717) is 25.7 Å². The lowest BCUT2D eigenvalue weighted by Gasteiger charge is -2.06. The Balaban J connectivity index is 2.13. The van der Waals surface area contributed by atoms with E-state index in [1.807, 2.05) is 20.2 Å². The number of aryl methyl sites for hydroxylation is 2. The number of hydrogen-bond donors (Lipinski definition) is 0. The van der Waals surface area contributed by atoms with Crippen LogP contribution in [-0.4, -0.2) is 29.6 Å². The Morgan fingerprint density at radius 2 is 1.89 bits per heavy atom. The molecule has 0 N–H and O–H groups in total. The summed E-state index contributed by atoms with van der Waals surface area (Å²) in [6.45, 7) is 5.85. The molecular formula is C15H20N2O2. The molecule has 0 atom stereocenters. The summed E-state index contributed by atoms with van der Waals surface area (Å²) < 4.78 is 12.7. The molecule has 2 rings (SSSR count). The predicted octanol–water partition coefficient (Wildman–Crippen LogP) is 2.81. The van der Waals surface area contributed by atoms with Crippen molar-refractivity contribution in [1.29, 1.82) is 0 Å². The van der Waals surface area contributed by atoms with E-state index in [0.717, 1.165) is 11.1 Å². The van der Waals surface area contributed by atoms with Crippen molar-refractivity contribution in [3.05, 3.63) is 36.0 Å². The zero-order chi connectivity index (χ0) is 13.7. The summed E-state index contributed by atoms with van der Waals surface area (Å²) in [5, 5.41) is 4.35. The third-order valence-electron chi connectivity index (χ3n) is 2.83. The van der Waals surface area contributed by atoms with Crippen molar-refractivity contribution in [3.8, 4) is 17.0 Å². The Kier molecular flexibility index (Phi) is 4.58. The number of nitrogens with zero attached hydrogens (tertiary/aromatic N) is 2. The van der Waals surface area contributed by atoms with E-state index in [4.69, 9.17) is 9.47 Å². The van der Waals surface area contributed by atoms with Gasteiger partial charge >= 0.3 is 0 Å². The van der Waals surface area contributed by atoms with Gasteiger partial charge in [-0.25, -0.2) is 0 Å². The molecule has 0 unspecified atom stereocenters. The molecule has 0 radical (unpaired) electrons. The highest BCUT2D eigenvalue weighted by molar-refractivity contribution is 5.68. The van der Waals surface area contributed by atoms with Gasteiger partial charge in [-0.05, 0) is 19.4 Å². The van der Waals surface area contributed by atoms with E-state index >= 15 is 0 Å². The molecule has 0 spiro atoms. The molecule has 4 heteroatoms. The first kappa shape index (κ1) is 13.6. The maximum Gasteiger partial charge on any atom is 0.240 e. The molecule has 0 bridgehead atoms. The SMILES string of the molecule is CCOCCOc1nn(C)cc1-c1ccc(C)cc1. The highest BCUT2D eigenvalue weighted by Crippen LogP contribution is 2.28. The Morgan fingerprint density at radius 1 is 1.16 bits per heavy atom. The first-order valence-corrected chi connectivity index (χ1v) is 6.52. The van der Waals surface area contributed by atoms with Crippen molar-refractivity contribution >= 4 is 0 Å². The molecule has 0 aliphatic carbocycles. The van der Waals surface area contributed by atoms with Crippen molar-refractivity contribution in [2.24, 2.45) is 7.05 Å². The Hall–Kier alpha value is -1.81. The van der Waals surface area contributed by atoms with Gasteiger partial charge < -0.3 is 9.47 Å². The summed E-state index contributed by atoms with van der Waals surface area (Å²) in [5.41, 5.74) is 3.37. The molecule has 19 heavy (non-hydrogen) atoms. The van der Waals surface area contributed by atoms with E-state index < -0.39 is 0 Å². The maximum absolute atomic E-state index is 5.69. The fraction of sp³-hybridized carbons (Fsp3) is 0.400. The van der Waals surface area contributed by atoms with Gasteiger partial charge in [0.05, 0.1) is 12.2 Å². The smallest absolute Gasteiger partial charge is 0.240 e. The molecule has 0 saturated carbocycles. The van der Waals surface area contributed by atoms with Gasteiger partial charge in [0.2, 0.25) is 5.88 Å². The lowest BCUT2D eigenvalue weighted by Crippen LogP contribution is -2.07. The number of aromatic nitrogens is 2. The minimum Gasteiger partial charge on any atom is -0.474 e. The van der Waals surface area contributed by atoms with Gasteiger partial charge in [-0.15, -0.1) is 5.10 Å². The third kappa shape index (κ3) is 3.58. The van der Waals surface area contributed by atoms with Gasteiger partial charge in [-0.1, -0.05) is 29.8 Å². The molecular weight excluding hydrogens is 240 g/mol. The van der Waals surface area contributed by atoms with Gasteiger partial charge in [0.25, 0.3) is 0 Å². The van der Waals surface area contributed by atoms with E-state index in [9.17, 15) is 0 Å². The van der Waals surface area contributed by atoms with Crippen LogP contribution in [-0.2, 0) is 11.8 Å². The van der Waals surface area contributed by atoms with Crippen molar-refractivity contribution in [3.63, 3.8) is 0 Å². The Morgan fingerprint density at radius 3 is 2.58 bits per heavy atom. The molecule has 4 nitrogen and oxygen atoms in total. The minimum atomic E-state index is 0.518. The molecule has 1 aromatic carbocycles. The van der Waals surface area contributed by atoms with Crippen LogP contribution >= 0.6 is 0 Å². The van der Waals surface area contributed by atoms with Crippen LogP contribution in [0.1, 0.15) is 12.5 Å². The van der Waals surface area contributed by atoms with Crippen LogP contribution in [0.5, 0.6) is 5.88 Å². The fourth-order valence-electron chi connectivity index (χ4n) is 1.85. The second kappa shape index (κ2) is 6.38. The lowest BCUT2D eigenvalue weighted by atomic mass is 10.1. The van der Waals surface area contributed by atoms with Gasteiger partial charge in [0, 0.05) is 19.9 Å². The lowest BCUT2D eigenvalue weighted by molar-refractivity contribution is 0.108. The first-order valence-electron chi connectivity index (χ1n) is 6.52. The van der Waals surface area contributed by atoms with Crippen LogP contribution < -0.4 is 4.74 Å². The van der Waals surface area contributed by atoms with Crippen molar-refractivity contribution < 1.29 is 9.47 Å². The minimum absolute atomic E-state index is 0.518. The van der Waals surface area contributed by atoms with E-state index in [2.05, 4.69) is 36.3 Å². The highest BCUT2D eigenvalue weighted by atomic mass is 16.5. The van der Waals surface area contributed by atoms with E-state index in [1.54, 1.807) is 4.68 Å². The van der Waals surface area contributed by atoms with Crippen LogP contribution in [0.4, 0.5) is 0 Å². The Bertz CT molecular complexity index is 517. The first-order chi connectivity index (χ1) is 9.20. The van der Waals surface area contributed by atoms with Gasteiger partial charge in [0.15, 0.2) is 0 Å². The predicted molar refractivity (Wildman–Crippen MR) is 75.4 cm³/mol. The number of benzene rings is 1. The number of rotatable bonds is 6. The average Bonchev–Trinajstić information content (AvgIpc) is 2.77. The molecule has 0 fully saturated rings. The van der Waals surface area contributed by atoms with Gasteiger partial charge in [-0.2, -0.15) is 0 Å². The average molecular weight is 260 g/mol. The summed E-state index contributed by atoms with van der Waals surface area (Å²) in [7, 11) is 1.90. The number of ether oxygens (including phenoxy) is 2. The fourth-order valence-corrected chi connectivity index (χ4v) is 1.85. The van der Waals surface area contributed by atoms with Crippen molar-refractivity contribution in [2.75, 3.05) is 19.8 Å². The zero-order valence-corrected chi connectivity index (χ0v) is 11.7. The molecule has 1 heterocycles. The van der Waals surface area contributed by atoms with E-state index in [1.165, 1.54) is 5.56 Å². The number of hydrogen-bond acceptors (Lipinski definition) is 3. The quantitative estimate of drug-likeness (QED) is 0.749. The summed E-state index contributed by atoms with van der Waals surface area (Å²) in [6.07, 6.45) is 1.97. The van der Waals surface area contributed by atoms with E-state index in [-0.39, 0.29) is 0 Å². The monoisotopic (exact) mass is 260 g/mol. The van der Waals surface area contributed by atoms with Crippen LogP contribution in [0, 0.1) is 6.92 Å². The van der Waals surface area contributed by atoms with Crippen molar-refractivity contribution in [1.82, 2.24) is 9.78 Å². The van der Waals surface area contributed by atoms with Crippen LogP contribution in [0.15, 0.2) is 30.5 Å². The summed E-state index contributed by atoms with van der Waals surface area (Å²) >= 11 is 0. The van der Waals surface area contributed by atoms with Gasteiger partial charge in [0.1, 0.15) is 6.61 Å². The standard InChI is InChI=1S/C15H20N2O2/c1-4-18-9-10-19-15-14(11-17(3)16-15)13-7-5-12(2)6-8-13/h5-8,11H,4,9-10H2,1-3H3. The second-order valence-corrected chi connectivity index (χ2v) is 4.43. The summed E-state index contributed by atoms with van der Waals surface area (Å²) in [6, 6.07) is 8.35. The normalized spacial score (nSPS) is 10.7. The van der Waals surface area contributed by atoms with Crippen LogP contribution in [0.2, 0.25) is 0 Å². The van der Waals surface area contributed by atoms with Crippen LogP contribution in [0.25, 0.3) is 11.1 Å². The molecule has 0 aliphatic rings. The summed E-state index contributed by atoms with van der Waals surface area (Å²) in [5.74, 6) is 0.658.